The van der Waals surface area contributed by atoms with E-state index in [1.165, 1.54) is 22.3 Å². The molecular weight excluding hydrogens is 483 g/mol. The molecule has 1 saturated heterocycles. The zero-order valence-corrected chi connectivity index (χ0v) is 25.0. The van der Waals surface area contributed by atoms with E-state index in [0.717, 1.165) is 44.0 Å². The summed E-state index contributed by atoms with van der Waals surface area (Å²) in [5, 5.41) is 9.76. The summed E-state index contributed by atoms with van der Waals surface area (Å²) in [5.41, 5.74) is 5.74. The number of carbonyl (C=O) groups is 1. The first-order chi connectivity index (χ1) is 18.4. The number of benzene rings is 2. The monoisotopic (exact) mass is 530 g/mol. The molecule has 1 N–H and O–H groups in total. The van der Waals surface area contributed by atoms with Crippen molar-refractivity contribution in [3.8, 4) is 0 Å². The number of aromatic carboxylic acids is 1. The second-order valence-electron chi connectivity index (χ2n) is 12.3. The van der Waals surface area contributed by atoms with E-state index in [-0.39, 0.29) is 18.3 Å². The molecule has 0 amide bonds. The van der Waals surface area contributed by atoms with Crippen LogP contribution in [0, 0.1) is 0 Å². The molecular formula is C34H47BO4. The Balaban J connectivity index is 1.67. The summed E-state index contributed by atoms with van der Waals surface area (Å²) < 4.78 is 12.7. The molecule has 3 rings (SSSR count). The summed E-state index contributed by atoms with van der Waals surface area (Å²) >= 11 is 0. The normalized spacial score (nSPS) is 17.2. The lowest BCUT2D eigenvalue weighted by Gasteiger charge is -2.32. The molecule has 0 spiro atoms. The van der Waals surface area contributed by atoms with Crippen LogP contribution in [0.15, 0.2) is 71.8 Å². The quantitative estimate of drug-likeness (QED) is 0.208. The molecule has 0 bridgehead atoms. The molecule has 1 aliphatic heterocycles. The van der Waals surface area contributed by atoms with E-state index in [1.807, 2.05) is 6.07 Å². The molecule has 2 aromatic rings. The third kappa shape index (κ3) is 8.94. The fourth-order valence-electron chi connectivity index (χ4n) is 5.15. The van der Waals surface area contributed by atoms with Gasteiger partial charge in [-0.25, -0.2) is 4.79 Å². The number of allylic oxidation sites excluding steroid dienone is 4. The molecule has 0 radical (unpaired) electrons. The highest BCUT2D eigenvalue weighted by molar-refractivity contribution is 6.45. The van der Waals surface area contributed by atoms with E-state index in [2.05, 4.69) is 97.0 Å². The van der Waals surface area contributed by atoms with Crippen LogP contribution < -0.4 is 0 Å². The van der Waals surface area contributed by atoms with Gasteiger partial charge in [0.05, 0.1) is 16.8 Å². The van der Waals surface area contributed by atoms with Gasteiger partial charge >= 0.3 is 13.1 Å². The largest absolute Gasteiger partial charge is 0.478 e. The van der Waals surface area contributed by atoms with Gasteiger partial charge in [-0.3, -0.25) is 0 Å². The summed E-state index contributed by atoms with van der Waals surface area (Å²) in [7, 11) is -0.228. The Morgan fingerprint density at radius 1 is 0.974 bits per heavy atom. The zero-order chi connectivity index (χ0) is 28.6. The molecule has 39 heavy (non-hydrogen) atoms. The van der Waals surface area contributed by atoms with Gasteiger partial charge in [-0.1, -0.05) is 65.8 Å². The fraction of sp³-hybridized carbons (Fsp3) is 0.500. The second-order valence-corrected chi connectivity index (χ2v) is 12.3. The lowest BCUT2D eigenvalue weighted by atomic mass is 9.73. The lowest BCUT2D eigenvalue weighted by molar-refractivity contribution is 0.00578. The van der Waals surface area contributed by atoms with E-state index in [1.54, 1.807) is 6.07 Å². The highest BCUT2D eigenvalue weighted by atomic mass is 16.7. The molecule has 1 unspecified atom stereocenters. The molecule has 4 nitrogen and oxygen atoms in total. The van der Waals surface area contributed by atoms with Gasteiger partial charge in [0.2, 0.25) is 0 Å². The first-order valence-electron chi connectivity index (χ1n) is 14.4. The van der Waals surface area contributed by atoms with E-state index in [4.69, 9.17) is 9.31 Å². The van der Waals surface area contributed by atoms with E-state index < -0.39 is 5.97 Å². The van der Waals surface area contributed by atoms with Gasteiger partial charge in [0.25, 0.3) is 0 Å². The third-order valence-electron chi connectivity index (χ3n) is 8.23. The van der Waals surface area contributed by atoms with Gasteiger partial charge in [-0.15, -0.1) is 0 Å². The first-order valence-corrected chi connectivity index (χ1v) is 14.4. The summed E-state index contributed by atoms with van der Waals surface area (Å²) in [6.07, 6.45) is 10.8. The van der Waals surface area contributed by atoms with Crippen molar-refractivity contribution in [2.45, 2.75) is 110 Å². The molecule has 0 saturated carbocycles. The van der Waals surface area contributed by atoms with Crippen molar-refractivity contribution in [3.05, 3.63) is 94.1 Å². The Morgan fingerprint density at radius 3 is 2.26 bits per heavy atom. The van der Waals surface area contributed by atoms with Crippen LogP contribution in [-0.2, 0) is 22.2 Å². The molecule has 1 heterocycles. The van der Waals surface area contributed by atoms with Crippen LogP contribution in [0.25, 0.3) is 0 Å². The van der Waals surface area contributed by atoms with Crippen molar-refractivity contribution in [1.29, 1.82) is 0 Å². The molecule has 210 valence electrons. The minimum absolute atomic E-state index is 0.228. The van der Waals surface area contributed by atoms with Crippen LogP contribution in [-0.4, -0.2) is 29.4 Å². The van der Waals surface area contributed by atoms with Gasteiger partial charge in [-0.2, -0.15) is 0 Å². The molecule has 1 aliphatic rings. The molecule has 5 heteroatoms. The maximum atomic E-state index is 11.9. The number of hydrogen-bond acceptors (Lipinski definition) is 3. The van der Waals surface area contributed by atoms with Crippen LogP contribution in [0.3, 0.4) is 0 Å². The van der Waals surface area contributed by atoms with E-state index in [9.17, 15) is 9.90 Å². The number of rotatable bonds is 13. The fourth-order valence-corrected chi connectivity index (χ4v) is 5.15. The number of aryl methyl sites for hydroxylation is 1. The van der Waals surface area contributed by atoms with Gasteiger partial charge in [0, 0.05) is 0 Å². The number of carboxylic acids is 1. The van der Waals surface area contributed by atoms with Gasteiger partial charge in [0.1, 0.15) is 0 Å². The average molecular weight is 531 g/mol. The second kappa shape index (κ2) is 13.6. The summed E-state index contributed by atoms with van der Waals surface area (Å²) in [4.78, 5) is 11.9. The summed E-state index contributed by atoms with van der Waals surface area (Å²) in [6.45, 7) is 14.8. The predicted octanol–water partition coefficient (Wildman–Crippen LogP) is 8.82. The van der Waals surface area contributed by atoms with Crippen molar-refractivity contribution < 1.29 is 19.2 Å². The Hall–Kier alpha value is -2.63. The van der Waals surface area contributed by atoms with E-state index in [0.29, 0.717) is 17.9 Å². The maximum absolute atomic E-state index is 11.9. The van der Waals surface area contributed by atoms with Crippen LogP contribution >= 0.6 is 0 Å². The van der Waals surface area contributed by atoms with E-state index >= 15 is 0 Å². The van der Waals surface area contributed by atoms with Gasteiger partial charge in [-0.05, 0) is 122 Å². The molecule has 1 atom stereocenters. The zero-order valence-electron chi connectivity index (χ0n) is 25.0. The van der Waals surface area contributed by atoms with Gasteiger partial charge < -0.3 is 14.4 Å². The third-order valence-corrected chi connectivity index (χ3v) is 8.23. The smallest absolute Gasteiger partial charge is 0.458 e. The summed E-state index contributed by atoms with van der Waals surface area (Å²) in [6, 6.07) is 16.5. The number of carboxylic acid groups (broad SMARTS) is 1. The first kappa shape index (κ1) is 30.9. The number of hydrogen-bond donors (Lipinski definition) is 1. The highest BCUT2D eigenvalue weighted by Gasteiger charge is 2.51. The van der Waals surface area contributed by atoms with Crippen LogP contribution in [0.2, 0.25) is 6.32 Å². The van der Waals surface area contributed by atoms with Crippen molar-refractivity contribution in [2.24, 2.45) is 0 Å². The minimum atomic E-state index is -0.862. The SMILES string of the molecule is CC(C)=CCC/C(C)=C/Cc1cc(CCCC(CB2OC(C)(C)C(C)(C)O2)c2ccccc2)ccc1C(=O)O. The van der Waals surface area contributed by atoms with Crippen LogP contribution in [0.5, 0.6) is 0 Å². The summed E-state index contributed by atoms with van der Waals surface area (Å²) in [5.74, 6) is -0.538. The maximum Gasteiger partial charge on any atom is 0.458 e. The average Bonchev–Trinajstić information content (AvgIpc) is 3.07. The van der Waals surface area contributed by atoms with Crippen molar-refractivity contribution in [1.82, 2.24) is 0 Å². The molecule has 0 aliphatic carbocycles. The van der Waals surface area contributed by atoms with Crippen molar-refractivity contribution in [2.75, 3.05) is 0 Å². The highest BCUT2D eigenvalue weighted by Crippen LogP contribution is 2.40. The van der Waals surface area contributed by atoms with Gasteiger partial charge in [0.15, 0.2) is 0 Å². The molecule has 0 aromatic heterocycles. The standard InChI is InChI=1S/C34H47BO4/c1-25(2)13-11-14-26(3)19-21-29-23-27(20-22-31(29)32(36)37)15-12-18-30(28-16-9-8-10-17-28)24-35-38-33(4,5)34(6,7)39-35/h8-10,13,16-17,19-20,22-23,30H,11-12,14-15,18,21,24H2,1-7H3,(H,36,37)/b26-19+. The predicted molar refractivity (Wildman–Crippen MR) is 163 cm³/mol. The van der Waals surface area contributed by atoms with Crippen LogP contribution in [0.1, 0.15) is 107 Å². The lowest BCUT2D eigenvalue weighted by Crippen LogP contribution is -2.41. The Morgan fingerprint density at radius 2 is 1.64 bits per heavy atom. The molecule has 1 fully saturated rings. The molecule has 2 aromatic carbocycles. The Labute approximate surface area is 236 Å². The Kier molecular flexibility index (Phi) is 10.8. The topological polar surface area (TPSA) is 55.8 Å². The van der Waals surface area contributed by atoms with Crippen LogP contribution in [0.4, 0.5) is 0 Å². The van der Waals surface area contributed by atoms with Crippen molar-refractivity contribution >= 4 is 13.1 Å². The minimum Gasteiger partial charge on any atom is -0.478 e. The van der Waals surface area contributed by atoms with Crippen molar-refractivity contribution in [3.63, 3.8) is 0 Å². The Bertz CT molecular complexity index is 1140.